The second-order valence-corrected chi connectivity index (χ2v) is 6.46. The van der Waals surface area contributed by atoms with E-state index in [-0.39, 0.29) is 34.3 Å². The number of anilines is 1. The number of aromatic nitrogens is 3. The van der Waals surface area contributed by atoms with Crippen LogP contribution in [0.2, 0.25) is 10.0 Å². The zero-order valence-corrected chi connectivity index (χ0v) is 15.5. The third-order valence-corrected chi connectivity index (χ3v) is 4.14. The summed E-state index contributed by atoms with van der Waals surface area (Å²) in [6.07, 6.45) is 0. The van der Waals surface area contributed by atoms with E-state index in [1.54, 1.807) is 6.92 Å². The molecule has 27 heavy (non-hydrogen) atoms. The lowest BCUT2D eigenvalue weighted by atomic mass is 10.2. The summed E-state index contributed by atoms with van der Waals surface area (Å²) in [6.45, 7) is 1.53. The fourth-order valence-electron chi connectivity index (χ4n) is 2.32. The number of benzene rings is 2. The SMILES string of the molecule is Cc1n[nH]nc1C(=O)NCc1ccc(Cl)c(Oc2cc(N)cc(Cl)c2)c1F. The van der Waals surface area contributed by atoms with E-state index >= 15 is 0 Å². The van der Waals surface area contributed by atoms with Gasteiger partial charge < -0.3 is 15.8 Å². The first kappa shape index (κ1) is 18.9. The molecule has 3 rings (SSSR count). The van der Waals surface area contributed by atoms with Crippen molar-refractivity contribution >= 4 is 34.8 Å². The Hall–Kier alpha value is -2.84. The van der Waals surface area contributed by atoms with Gasteiger partial charge in [0.2, 0.25) is 0 Å². The number of hydrogen-bond donors (Lipinski definition) is 3. The minimum atomic E-state index is -0.710. The van der Waals surface area contributed by atoms with Crippen molar-refractivity contribution in [1.29, 1.82) is 0 Å². The van der Waals surface area contributed by atoms with Gasteiger partial charge in [0, 0.05) is 28.9 Å². The zero-order chi connectivity index (χ0) is 19.6. The molecular formula is C17H14Cl2FN5O2. The van der Waals surface area contributed by atoms with Crippen LogP contribution in [0.4, 0.5) is 10.1 Å². The Morgan fingerprint density at radius 3 is 2.74 bits per heavy atom. The van der Waals surface area contributed by atoms with Gasteiger partial charge in [-0.3, -0.25) is 4.79 Å². The van der Waals surface area contributed by atoms with Crippen LogP contribution < -0.4 is 15.8 Å². The number of hydrogen-bond acceptors (Lipinski definition) is 5. The zero-order valence-electron chi connectivity index (χ0n) is 14.0. The highest BCUT2D eigenvalue weighted by molar-refractivity contribution is 6.32. The van der Waals surface area contributed by atoms with E-state index in [0.29, 0.717) is 16.4 Å². The number of rotatable bonds is 5. The van der Waals surface area contributed by atoms with Crippen molar-refractivity contribution < 1.29 is 13.9 Å². The summed E-state index contributed by atoms with van der Waals surface area (Å²) in [5.74, 6) is -1.15. The summed E-state index contributed by atoms with van der Waals surface area (Å²) >= 11 is 12.0. The molecule has 7 nitrogen and oxygen atoms in total. The van der Waals surface area contributed by atoms with E-state index in [1.807, 2.05) is 0 Å². The molecule has 1 heterocycles. The average molecular weight is 410 g/mol. The fourth-order valence-corrected chi connectivity index (χ4v) is 2.74. The number of nitrogens with one attached hydrogen (secondary N) is 2. The van der Waals surface area contributed by atoms with Crippen molar-refractivity contribution in [2.75, 3.05) is 5.73 Å². The highest BCUT2D eigenvalue weighted by Gasteiger charge is 2.18. The molecule has 10 heteroatoms. The van der Waals surface area contributed by atoms with Crippen LogP contribution in [0.25, 0.3) is 0 Å². The standard InChI is InChI=1S/C17H14Cl2FN5O2/c1-8-15(24-25-23-8)17(26)22-7-9-2-3-13(19)16(14(9)20)27-12-5-10(18)4-11(21)6-12/h2-6H,7,21H2,1H3,(H,22,26)(H,23,24,25). The number of carbonyl (C=O) groups excluding carboxylic acids is 1. The van der Waals surface area contributed by atoms with Gasteiger partial charge >= 0.3 is 0 Å². The number of H-pyrrole nitrogens is 1. The Morgan fingerprint density at radius 1 is 1.30 bits per heavy atom. The summed E-state index contributed by atoms with van der Waals surface area (Å²) in [6, 6.07) is 7.42. The number of ether oxygens (including phenoxy) is 1. The molecule has 0 fully saturated rings. The predicted octanol–water partition coefficient (Wildman–Crippen LogP) is 3.86. The Labute approximate surface area is 163 Å². The van der Waals surface area contributed by atoms with Gasteiger partial charge in [-0.05, 0) is 25.1 Å². The van der Waals surface area contributed by atoms with Gasteiger partial charge in [0.05, 0.1) is 10.7 Å². The highest BCUT2D eigenvalue weighted by Crippen LogP contribution is 2.35. The predicted molar refractivity (Wildman–Crippen MR) is 99.6 cm³/mol. The number of carbonyl (C=O) groups is 1. The van der Waals surface area contributed by atoms with Crippen LogP contribution in [0.15, 0.2) is 30.3 Å². The molecule has 0 saturated carbocycles. The first-order chi connectivity index (χ1) is 12.8. The quantitative estimate of drug-likeness (QED) is 0.554. The smallest absolute Gasteiger partial charge is 0.274 e. The van der Waals surface area contributed by atoms with Gasteiger partial charge in [-0.2, -0.15) is 15.4 Å². The molecule has 140 valence electrons. The minimum Gasteiger partial charge on any atom is -0.453 e. The molecule has 2 aromatic carbocycles. The van der Waals surface area contributed by atoms with Crippen molar-refractivity contribution in [2.24, 2.45) is 0 Å². The molecule has 0 unspecified atom stereocenters. The van der Waals surface area contributed by atoms with Crippen LogP contribution in [0.1, 0.15) is 21.7 Å². The van der Waals surface area contributed by atoms with E-state index in [1.165, 1.54) is 30.3 Å². The van der Waals surface area contributed by atoms with Crippen molar-refractivity contribution in [3.8, 4) is 11.5 Å². The Balaban J connectivity index is 1.81. The molecule has 0 spiro atoms. The number of halogens is 3. The normalized spacial score (nSPS) is 10.7. The van der Waals surface area contributed by atoms with Gasteiger partial charge in [0.25, 0.3) is 5.91 Å². The van der Waals surface area contributed by atoms with Crippen LogP contribution in [-0.2, 0) is 6.54 Å². The van der Waals surface area contributed by atoms with Crippen LogP contribution in [0, 0.1) is 12.7 Å². The van der Waals surface area contributed by atoms with Crippen LogP contribution in [-0.4, -0.2) is 21.3 Å². The van der Waals surface area contributed by atoms with Crippen molar-refractivity contribution in [2.45, 2.75) is 13.5 Å². The molecule has 0 saturated heterocycles. The molecule has 3 aromatic rings. The maximum Gasteiger partial charge on any atom is 0.274 e. The van der Waals surface area contributed by atoms with Crippen LogP contribution in [0.3, 0.4) is 0 Å². The lowest BCUT2D eigenvalue weighted by Gasteiger charge is -2.13. The maximum absolute atomic E-state index is 14.8. The number of nitrogen functional groups attached to an aromatic ring is 1. The summed E-state index contributed by atoms with van der Waals surface area (Å²) in [5, 5.41) is 12.8. The van der Waals surface area contributed by atoms with Gasteiger partial charge in [-0.25, -0.2) is 4.39 Å². The van der Waals surface area contributed by atoms with Gasteiger partial charge in [0.15, 0.2) is 17.3 Å². The van der Waals surface area contributed by atoms with E-state index in [0.717, 1.165) is 0 Å². The third kappa shape index (κ3) is 4.29. The van der Waals surface area contributed by atoms with E-state index in [2.05, 4.69) is 20.7 Å². The average Bonchev–Trinajstić information content (AvgIpc) is 3.03. The first-order valence-electron chi connectivity index (χ1n) is 7.71. The number of aryl methyl sites for hydroxylation is 1. The van der Waals surface area contributed by atoms with Crippen LogP contribution in [0.5, 0.6) is 11.5 Å². The lowest BCUT2D eigenvalue weighted by Crippen LogP contribution is -2.24. The molecular weight excluding hydrogens is 396 g/mol. The molecule has 0 aliphatic carbocycles. The Morgan fingerprint density at radius 2 is 2.07 bits per heavy atom. The van der Waals surface area contributed by atoms with Crippen molar-refractivity contribution in [3.05, 3.63) is 63.1 Å². The van der Waals surface area contributed by atoms with E-state index in [4.69, 9.17) is 33.7 Å². The second kappa shape index (κ2) is 7.81. The van der Waals surface area contributed by atoms with Gasteiger partial charge in [-0.1, -0.05) is 29.3 Å². The Kier molecular flexibility index (Phi) is 5.48. The monoisotopic (exact) mass is 409 g/mol. The molecule has 0 atom stereocenters. The van der Waals surface area contributed by atoms with E-state index < -0.39 is 11.7 Å². The van der Waals surface area contributed by atoms with Crippen LogP contribution >= 0.6 is 23.2 Å². The molecule has 4 N–H and O–H groups in total. The number of aromatic amines is 1. The third-order valence-electron chi connectivity index (χ3n) is 3.62. The van der Waals surface area contributed by atoms with Gasteiger partial charge in [-0.15, -0.1) is 0 Å². The number of nitrogens with zero attached hydrogens (tertiary/aromatic N) is 2. The summed E-state index contributed by atoms with van der Waals surface area (Å²) in [5.41, 5.74) is 6.82. The molecule has 0 bridgehead atoms. The van der Waals surface area contributed by atoms with Crippen molar-refractivity contribution in [3.63, 3.8) is 0 Å². The lowest BCUT2D eigenvalue weighted by molar-refractivity contribution is 0.0945. The minimum absolute atomic E-state index is 0.0634. The summed E-state index contributed by atoms with van der Waals surface area (Å²) < 4.78 is 20.4. The Bertz CT molecular complexity index is 989. The molecule has 0 radical (unpaired) electrons. The van der Waals surface area contributed by atoms with Gasteiger partial charge in [0.1, 0.15) is 5.75 Å². The number of amides is 1. The molecule has 0 aliphatic rings. The largest absolute Gasteiger partial charge is 0.453 e. The maximum atomic E-state index is 14.8. The molecule has 0 aliphatic heterocycles. The first-order valence-corrected chi connectivity index (χ1v) is 8.47. The summed E-state index contributed by atoms with van der Waals surface area (Å²) in [4.78, 5) is 12.1. The summed E-state index contributed by atoms with van der Waals surface area (Å²) in [7, 11) is 0. The van der Waals surface area contributed by atoms with E-state index in [9.17, 15) is 9.18 Å². The molecule has 1 amide bonds. The topological polar surface area (TPSA) is 106 Å². The number of nitrogens with two attached hydrogens (primary N) is 1. The highest BCUT2D eigenvalue weighted by atomic mass is 35.5. The fraction of sp³-hybridized carbons (Fsp3) is 0.118. The second-order valence-electron chi connectivity index (χ2n) is 5.61. The molecule has 1 aromatic heterocycles. The van der Waals surface area contributed by atoms with Crippen molar-refractivity contribution in [1.82, 2.24) is 20.7 Å².